The molecule has 1 amide bonds. The summed E-state index contributed by atoms with van der Waals surface area (Å²) in [4.78, 5) is 23.5. The SMILES string of the molecule is COc1cccc2sc(N(C)CC(=O)Nc3cccc(-c4csc(C)n4)c3)nc12. The molecule has 8 heteroatoms. The van der Waals surface area contributed by atoms with Gasteiger partial charge >= 0.3 is 0 Å². The highest BCUT2D eigenvalue weighted by atomic mass is 32.1. The van der Waals surface area contributed by atoms with E-state index in [-0.39, 0.29) is 12.5 Å². The summed E-state index contributed by atoms with van der Waals surface area (Å²) in [5, 5.41) is 6.77. The Kier molecular flexibility index (Phi) is 5.46. The Labute approximate surface area is 176 Å². The normalized spacial score (nSPS) is 10.9. The molecule has 148 valence electrons. The van der Waals surface area contributed by atoms with Crippen LogP contribution in [0.3, 0.4) is 0 Å². The number of benzene rings is 2. The van der Waals surface area contributed by atoms with Crippen molar-refractivity contribution in [2.45, 2.75) is 6.92 Å². The Morgan fingerprint density at radius 1 is 1.21 bits per heavy atom. The van der Waals surface area contributed by atoms with Gasteiger partial charge in [-0.3, -0.25) is 4.79 Å². The van der Waals surface area contributed by atoms with Gasteiger partial charge in [0.2, 0.25) is 5.91 Å². The molecule has 4 rings (SSSR count). The first-order chi connectivity index (χ1) is 14.0. The van der Waals surface area contributed by atoms with Gasteiger partial charge in [0.25, 0.3) is 0 Å². The van der Waals surface area contributed by atoms with Gasteiger partial charge < -0.3 is 15.0 Å². The molecular formula is C21H20N4O2S2. The van der Waals surface area contributed by atoms with Crippen LogP contribution >= 0.6 is 22.7 Å². The van der Waals surface area contributed by atoms with Gasteiger partial charge in [0.15, 0.2) is 5.13 Å². The van der Waals surface area contributed by atoms with Gasteiger partial charge in [-0.2, -0.15) is 0 Å². The van der Waals surface area contributed by atoms with Crippen molar-refractivity contribution in [2.75, 3.05) is 30.9 Å². The highest BCUT2D eigenvalue weighted by molar-refractivity contribution is 7.22. The van der Waals surface area contributed by atoms with Crippen molar-refractivity contribution in [3.63, 3.8) is 0 Å². The molecule has 2 aromatic carbocycles. The Bertz CT molecular complexity index is 1170. The summed E-state index contributed by atoms with van der Waals surface area (Å²) in [5.41, 5.74) is 3.47. The zero-order valence-electron chi connectivity index (χ0n) is 16.3. The number of likely N-dealkylation sites (N-methyl/N-ethyl adjacent to an activating group) is 1. The predicted octanol–water partition coefficient (Wildman–Crippen LogP) is 4.81. The number of para-hydroxylation sites is 1. The number of aryl methyl sites for hydroxylation is 1. The van der Waals surface area contributed by atoms with Crippen LogP contribution in [0.5, 0.6) is 5.75 Å². The standard InChI is InChI=1S/C21H20N4O2S2/c1-13-22-16(12-28-13)14-6-4-7-15(10-14)23-19(26)11-25(2)21-24-20-17(27-3)8-5-9-18(20)29-21/h4-10,12H,11H2,1-3H3,(H,23,26). The van der Waals surface area contributed by atoms with Crippen LogP contribution < -0.4 is 15.0 Å². The van der Waals surface area contributed by atoms with Crippen molar-refractivity contribution < 1.29 is 9.53 Å². The zero-order chi connectivity index (χ0) is 20.4. The molecule has 0 aliphatic heterocycles. The second-order valence-corrected chi connectivity index (χ2v) is 8.61. The van der Waals surface area contributed by atoms with Crippen LogP contribution in [-0.4, -0.2) is 36.6 Å². The number of hydrogen-bond donors (Lipinski definition) is 1. The average molecular weight is 425 g/mol. The number of rotatable bonds is 6. The number of ether oxygens (including phenoxy) is 1. The largest absolute Gasteiger partial charge is 0.494 e. The smallest absolute Gasteiger partial charge is 0.243 e. The Balaban J connectivity index is 1.46. The molecule has 0 saturated carbocycles. The van der Waals surface area contributed by atoms with Gasteiger partial charge in [-0.1, -0.05) is 29.5 Å². The fourth-order valence-electron chi connectivity index (χ4n) is 2.98. The molecule has 2 aromatic heterocycles. The number of thiazole rings is 2. The quantitative estimate of drug-likeness (QED) is 0.481. The maximum Gasteiger partial charge on any atom is 0.243 e. The first kappa shape index (κ1) is 19.4. The molecule has 0 atom stereocenters. The number of methoxy groups -OCH3 is 1. The number of hydrogen-bond acceptors (Lipinski definition) is 7. The number of anilines is 2. The van der Waals surface area contributed by atoms with Gasteiger partial charge in [-0.25, -0.2) is 9.97 Å². The van der Waals surface area contributed by atoms with E-state index in [1.165, 1.54) is 11.3 Å². The first-order valence-corrected chi connectivity index (χ1v) is 10.7. The number of carbonyl (C=O) groups excluding carboxylic acids is 1. The van der Waals surface area contributed by atoms with Crippen molar-refractivity contribution in [3.05, 3.63) is 52.9 Å². The topological polar surface area (TPSA) is 67.3 Å². The Morgan fingerprint density at radius 3 is 2.79 bits per heavy atom. The van der Waals surface area contributed by atoms with E-state index in [0.29, 0.717) is 0 Å². The Hall–Kier alpha value is -2.97. The zero-order valence-corrected chi connectivity index (χ0v) is 17.9. The molecule has 0 aliphatic rings. The van der Waals surface area contributed by atoms with Crippen LogP contribution in [0.15, 0.2) is 47.8 Å². The lowest BCUT2D eigenvalue weighted by atomic mass is 10.1. The minimum Gasteiger partial charge on any atom is -0.494 e. The second kappa shape index (κ2) is 8.18. The van der Waals surface area contributed by atoms with Crippen LogP contribution in [-0.2, 0) is 4.79 Å². The highest BCUT2D eigenvalue weighted by Gasteiger charge is 2.14. The maximum absolute atomic E-state index is 12.6. The third-order valence-corrected chi connectivity index (χ3v) is 6.27. The fourth-order valence-corrected chi connectivity index (χ4v) is 4.54. The maximum atomic E-state index is 12.6. The molecule has 0 aliphatic carbocycles. The molecule has 0 radical (unpaired) electrons. The average Bonchev–Trinajstić information content (AvgIpc) is 3.34. The minimum atomic E-state index is -0.106. The van der Waals surface area contributed by atoms with Crippen LogP contribution in [0.2, 0.25) is 0 Å². The molecular weight excluding hydrogens is 404 g/mol. The molecule has 1 N–H and O–H groups in total. The second-order valence-electron chi connectivity index (χ2n) is 6.54. The summed E-state index contributed by atoms with van der Waals surface area (Å²) in [6.07, 6.45) is 0. The van der Waals surface area contributed by atoms with Crippen LogP contribution in [0.1, 0.15) is 5.01 Å². The molecule has 6 nitrogen and oxygen atoms in total. The summed E-state index contributed by atoms with van der Waals surface area (Å²) in [5.74, 6) is 0.627. The van der Waals surface area contributed by atoms with Gasteiger partial charge in [0, 0.05) is 23.7 Å². The predicted molar refractivity (Wildman–Crippen MR) is 120 cm³/mol. The molecule has 0 spiro atoms. The van der Waals surface area contributed by atoms with Crippen LogP contribution in [0.25, 0.3) is 21.5 Å². The first-order valence-electron chi connectivity index (χ1n) is 9.00. The van der Waals surface area contributed by atoms with Crippen molar-refractivity contribution in [1.82, 2.24) is 9.97 Å². The highest BCUT2D eigenvalue weighted by Crippen LogP contribution is 2.33. The summed E-state index contributed by atoms with van der Waals surface area (Å²) in [7, 11) is 3.49. The number of fused-ring (bicyclic) bond motifs is 1. The lowest BCUT2D eigenvalue weighted by Gasteiger charge is -2.15. The van der Waals surface area contributed by atoms with E-state index in [9.17, 15) is 4.79 Å². The van der Waals surface area contributed by atoms with Crippen LogP contribution in [0.4, 0.5) is 10.8 Å². The van der Waals surface area contributed by atoms with E-state index < -0.39 is 0 Å². The number of carbonyl (C=O) groups is 1. The van der Waals surface area contributed by atoms with Gasteiger partial charge in [0.05, 0.1) is 29.1 Å². The third-order valence-electron chi connectivity index (χ3n) is 4.36. The molecule has 0 fully saturated rings. The van der Waals surface area contributed by atoms with Crippen LogP contribution in [0, 0.1) is 6.92 Å². The van der Waals surface area contributed by atoms with Gasteiger partial charge in [-0.15, -0.1) is 11.3 Å². The van der Waals surface area contributed by atoms with E-state index >= 15 is 0 Å². The van der Waals surface area contributed by atoms with E-state index in [0.717, 1.165) is 43.1 Å². The molecule has 0 saturated heterocycles. The van der Waals surface area contributed by atoms with Crippen molar-refractivity contribution >= 4 is 49.6 Å². The number of amides is 1. The van der Waals surface area contributed by atoms with Crippen molar-refractivity contribution in [3.8, 4) is 17.0 Å². The van der Waals surface area contributed by atoms with Gasteiger partial charge in [-0.05, 0) is 31.2 Å². The monoisotopic (exact) mass is 424 g/mol. The summed E-state index contributed by atoms with van der Waals surface area (Å²) < 4.78 is 6.40. The molecule has 4 aromatic rings. The minimum absolute atomic E-state index is 0.106. The van der Waals surface area contributed by atoms with Crippen molar-refractivity contribution in [2.24, 2.45) is 0 Å². The van der Waals surface area contributed by atoms with E-state index in [4.69, 9.17) is 4.74 Å². The molecule has 29 heavy (non-hydrogen) atoms. The van der Waals surface area contributed by atoms with Crippen molar-refractivity contribution in [1.29, 1.82) is 0 Å². The summed E-state index contributed by atoms with van der Waals surface area (Å²) >= 11 is 3.14. The molecule has 2 heterocycles. The van der Waals surface area contributed by atoms with E-state index in [1.54, 1.807) is 18.4 Å². The molecule has 0 bridgehead atoms. The van der Waals surface area contributed by atoms with Gasteiger partial charge in [0.1, 0.15) is 11.3 Å². The number of aromatic nitrogens is 2. The Morgan fingerprint density at radius 2 is 2.03 bits per heavy atom. The fraction of sp³-hybridized carbons (Fsp3) is 0.190. The number of nitrogens with zero attached hydrogens (tertiary/aromatic N) is 3. The summed E-state index contributed by atoms with van der Waals surface area (Å²) in [6.45, 7) is 2.18. The lowest BCUT2D eigenvalue weighted by molar-refractivity contribution is -0.114. The number of nitrogens with one attached hydrogen (secondary N) is 1. The summed E-state index contributed by atoms with van der Waals surface area (Å²) in [6, 6.07) is 13.5. The molecule has 0 unspecified atom stereocenters. The van der Waals surface area contributed by atoms with E-state index in [2.05, 4.69) is 15.3 Å². The van der Waals surface area contributed by atoms with E-state index in [1.807, 2.05) is 66.7 Å². The lowest BCUT2D eigenvalue weighted by Crippen LogP contribution is -2.29. The third kappa shape index (κ3) is 4.23.